The predicted molar refractivity (Wildman–Crippen MR) is 69.5 cm³/mol. The van der Waals surface area contributed by atoms with E-state index in [9.17, 15) is 9.59 Å². The highest BCUT2D eigenvalue weighted by atomic mass is 16.2. The summed E-state index contributed by atoms with van der Waals surface area (Å²) in [4.78, 5) is 25.0. The van der Waals surface area contributed by atoms with Gasteiger partial charge in [-0.05, 0) is 37.0 Å². The molecule has 0 atom stereocenters. The van der Waals surface area contributed by atoms with Crippen LogP contribution in [0, 0.1) is 5.92 Å². The van der Waals surface area contributed by atoms with Gasteiger partial charge in [-0.2, -0.15) is 0 Å². The third kappa shape index (κ3) is 1.98. The van der Waals surface area contributed by atoms with E-state index in [1.54, 1.807) is 11.8 Å². The highest BCUT2D eigenvalue weighted by Gasteiger charge is 2.30. The van der Waals surface area contributed by atoms with Crippen molar-refractivity contribution in [2.24, 2.45) is 5.92 Å². The molecule has 0 bridgehead atoms. The Hall–Kier alpha value is -1.84. The van der Waals surface area contributed by atoms with Crippen LogP contribution in [0.5, 0.6) is 0 Å². The van der Waals surface area contributed by atoms with Gasteiger partial charge in [-0.3, -0.25) is 9.59 Å². The summed E-state index contributed by atoms with van der Waals surface area (Å²) in [5.74, 6) is 0.351. The fourth-order valence-electron chi connectivity index (χ4n) is 2.37. The SMILES string of the molecule is CC(=O)N1CCc2ccc(NC(=O)C3CC3)cc21. The van der Waals surface area contributed by atoms with Crippen molar-refractivity contribution >= 4 is 23.2 Å². The Labute approximate surface area is 106 Å². The van der Waals surface area contributed by atoms with Crippen molar-refractivity contribution in [1.29, 1.82) is 0 Å². The second-order valence-electron chi connectivity index (χ2n) is 5.03. The number of anilines is 2. The fourth-order valence-corrected chi connectivity index (χ4v) is 2.37. The van der Waals surface area contributed by atoms with Crippen LogP contribution in [0.15, 0.2) is 18.2 Å². The molecule has 1 aromatic rings. The van der Waals surface area contributed by atoms with Crippen molar-refractivity contribution in [1.82, 2.24) is 0 Å². The summed E-state index contributed by atoms with van der Waals surface area (Å²) < 4.78 is 0. The molecule has 2 aliphatic rings. The van der Waals surface area contributed by atoms with Crippen LogP contribution >= 0.6 is 0 Å². The lowest BCUT2D eigenvalue weighted by molar-refractivity contribution is -0.117. The number of hydrogen-bond acceptors (Lipinski definition) is 2. The summed E-state index contributed by atoms with van der Waals surface area (Å²) in [6.07, 6.45) is 2.89. The third-order valence-corrected chi connectivity index (χ3v) is 3.58. The summed E-state index contributed by atoms with van der Waals surface area (Å²) in [5.41, 5.74) is 2.91. The van der Waals surface area contributed by atoms with Crippen LogP contribution in [0.4, 0.5) is 11.4 Å². The van der Waals surface area contributed by atoms with Crippen LogP contribution in [0.25, 0.3) is 0 Å². The maximum Gasteiger partial charge on any atom is 0.227 e. The molecule has 94 valence electrons. The minimum absolute atomic E-state index is 0.0550. The molecule has 0 spiro atoms. The van der Waals surface area contributed by atoms with E-state index in [0.29, 0.717) is 0 Å². The van der Waals surface area contributed by atoms with Gasteiger partial charge in [0, 0.05) is 30.8 Å². The largest absolute Gasteiger partial charge is 0.326 e. The Morgan fingerprint density at radius 3 is 2.78 bits per heavy atom. The van der Waals surface area contributed by atoms with Crippen LogP contribution < -0.4 is 10.2 Å². The van der Waals surface area contributed by atoms with Crippen LogP contribution in [-0.2, 0) is 16.0 Å². The molecule has 0 unspecified atom stereocenters. The summed E-state index contributed by atoms with van der Waals surface area (Å²) in [5, 5.41) is 2.92. The van der Waals surface area contributed by atoms with E-state index in [-0.39, 0.29) is 17.7 Å². The molecule has 4 nitrogen and oxygen atoms in total. The smallest absolute Gasteiger partial charge is 0.227 e. The summed E-state index contributed by atoms with van der Waals surface area (Å²) >= 11 is 0. The molecule has 3 rings (SSSR count). The Balaban J connectivity index is 1.83. The van der Waals surface area contributed by atoms with E-state index in [4.69, 9.17) is 0 Å². The van der Waals surface area contributed by atoms with Crippen molar-refractivity contribution in [3.63, 3.8) is 0 Å². The normalized spacial score (nSPS) is 17.5. The van der Waals surface area contributed by atoms with Crippen molar-refractivity contribution in [3.8, 4) is 0 Å². The van der Waals surface area contributed by atoms with Gasteiger partial charge in [-0.1, -0.05) is 6.07 Å². The number of amides is 2. The lowest BCUT2D eigenvalue weighted by Gasteiger charge is -2.15. The Morgan fingerprint density at radius 2 is 2.11 bits per heavy atom. The monoisotopic (exact) mass is 244 g/mol. The van der Waals surface area contributed by atoms with Crippen molar-refractivity contribution < 1.29 is 9.59 Å². The maximum atomic E-state index is 11.7. The molecule has 0 aromatic heterocycles. The van der Waals surface area contributed by atoms with Crippen LogP contribution in [0.2, 0.25) is 0 Å². The zero-order chi connectivity index (χ0) is 12.7. The van der Waals surface area contributed by atoms with Gasteiger partial charge in [0.2, 0.25) is 11.8 Å². The third-order valence-electron chi connectivity index (χ3n) is 3.58. The number of benzene rings is 1. The number of nitrogens with one attached hydrogen (secondary N) is 1. The number of nitrogens with zero attached hydrogens (tertiary/aromatic N) is 1. The zero-order valence-electron chi connectivity index (χ0n) is 10.4. The highest BCUT2D eigenvalue weighted by molar-refractivity contribution is 5.97. The molecule has 1 N–H and O–H groups in total. The first-order chi connectivity index (χ1) is 8.65. The molecule has 2 amide bonds. The zero-order valence-corrected chi connectivity index (χ0v) is 10.4. The second-order valence-corrected chi connectivity index (χ2v) is 5.03. The standard InChI is InChI=1S/C14H16N2O2/c1-9(17)16-7-6-10-4-5-12(8-13(10)16)15-14(18)11-2-3-11/h4-5,8,11H,2-3,6-7H2,1H3,(H,15,18). The topological polar surface area (TPSA) is 49.4 Å². The van der Waals surface area contributed by atoms with Crippen molar-refractivity contribution in [3.05, 3.63) is 23.8 Å². The van der Waals surface area contributed by atoms with Gasteiger partial charge < -0.3 is 10.2 Å². The average Bonchev–Trinajstić information content (AvgIpc) is 3.09. The van der Waals surface area contributed by atoms with Crippen molar-refractivity contribution in [2.45, 2.75) is 26.2 Å². The molecular formula is C14H16N2O2. The molecule has 1 aliphatic carbocycles. The van der Waals surface area contributed by atoms with E-state index in [0.717, 1.165) is 37.2 Å². The van der Waals surface area contributed by atoms with Gasteiger partial charge in [0.05, 0.1) is 0 Å². The maximum absolute atomic E-state index is 11.7. The van der Waals surface area contributed by atoms with Crippen LogP contribution in [0.3, 0.4) is 0 Å². The molecular weight excluding hydrogens is 228 g/mol. The number of rotatable bonds is 2. The van der Waals surface area contributed by atoms with E-state index < -0.39 is 0 Å². The molecule has 4 heteroatoms. The lowest BCUT2D eigenvalue weighted by Crippen LogP contribution is -2.25. The number of fused-ring (bicyclic) bond motifs is 1. The second kappa shape index (κ2) is 4.12. The fraction of sp³-hybridized carbons (Fsp3) is 0.429. The van der Waals surface area contributed by atoms with Gasteiger partial charge in [0.25, 0.3) is 0 Å². The van der Waals surface area contributed by atoms with Crippen LogP contribution in [-0.4, -0.2) is 18.4 Å². The predicted octanol–water partition coefficient (Wildman–Crippen LogP) is 1.94. The van der Waals surface area contributed by atoms with Gasteiger partial charge in [-0.25, -0.2) is 0 Å². The molecule has 1 saturated carbocycles. The van der Waals surface area contributed by atoms with Gasteiger partial charge >= 0.3 is 0 Å². The first-order valence-corrected chi connectivity index (χ1v) is 6.37. The molecule has 18 heavy (non-hydrogen) atoms. The van der Waals surface area contributed by atoms with Crippen LogP contribution in [0.1, 0.15) is 25.3 Å². The van der Waals surface area contributed by atoms with Gasteiger partial charge in [0.1, 0.15) is 0 Å². The first-order valence-electron chi connectivity index (χ1n) is 6.37. The highest BCUT2D eigenvalue weighted by Crippen LogP contribution is 2.33. The van der Waals surface area contributed by atoms with Crippen molar-refractivity contribution in [2.75, 3.05) is 16.8 Å². The number of carbonyl (C=O) groups is 2. The minimum Gasteiger partial charge on any atom is -0.326 e. The lowest BCUT2D eigenvalue weighted by atomic mass is 10.1. The summed E-state index contributed by atoms with van der Waals surface area (Å²) in [7, 11) is 0. The van der Waals surface area contributed by atoms with E-state index in [1.807, 2.05) is 18.2 Å². The van der Waals surface area contributed by atoms with E-state index >= 15 is 0 Å². The number of hydrogen-bond donors (Lipinski definition) is 1. The summed E-state index contributed by atoms with van der Waals surface area (Å²) in [6, 6.07) is 5.83. The molecule has 1 aromatic carbocycles. The van der Waals surface area contributed by atoms with Gasteiger partial charge in [0.15, 0.2) is 0 Å². The van der Waals surface area contributed by atoms with E-state index in [1.165, 1.54) is 5.56 Å². The average molecular weight is 244 g/mol. The van der Waals surface area contributed by atoms with Gasteiger partial charge in [-0.15, -0.1) is 0 Å². The summed E-state index contributed by atoms with van der Waals surface area (Å²) in [6.45, 7) is 2.31. The molecule has 1 aliphatic heterocycles. The number of carbonyl (C=O) groups excluding carboxylic acids is 2. The molecule has 1 heterocycles. The Morgan fingerprint density at radius 1 is 1.33 bits per heavy atom. The Bertz CT molecular complexity index is 521. The Kier molecular flexibility index (Phi) is 2.58. The minimum atomic E-state index is 0.0550. The molecule has 1 fully saturated rings. The molecule has 0 radical (unpaired) electrons. The first kappa shape index (κ1) is 11.3. The quantitative estimate of drug-likeness (QED) is 0.864. The molecule has 0 saturated heterocycles. The van der Waals surface area contributed by atoms with E-state index in [2.05, 4.69) is 5.32 Å².